The normalized spacial score (nSPS) is 16.4. The molecule has 0 atom stereocenters. The highest BCUT2D eigenvalue weighted by Gasteiger charge is 2.43. The Bertz CT molecular complexity index is 773. The summed E-state index contributed by atoms with van der Waals surface area (Å²) in [6.07, 6.45) is 15.1. The van der Waals surface area contributed by atoms with Gasteiger partial charge in [-0.05, 0) is 49.8 Å². The predicted molar refractivity (Wildman–Crippen MR) is 123 cm³/mol. The Kier molecular flexibility index (Phi) is 11.2. The average Bonchev–Trinajstić information content (AvgIpc) is 2.78. The molecule has 0 bridgehead atoms. The van der Waals surface area contributed by atoms with E-state index in [1.54, 1.807) is 18.5 Å². The number of unbranched alkanes of at least 4 members (excludes halogenated alkanes) is 4. The first-order valence-electron chi connectivity index (χ1n) is 11.4. The molecule has 1 aliphatic carbocycles. The highest BCUT2D eigenvalue weighted by molar-refractivity contribution is 7.90. The van der Waals surface area contributed by atoms with E-state index in [1.807, 2.05) is 12.1 Å². The van der Waals surface area contributed by atoms with Crippen LogP contribution in [0.5, 0.6) is 0 Å². The maximum atomic E-state index is 13.0. The van der Waals surface area contributed by atoms with Crippen LogP contribution in [-0.4, -0.2) is 43.8 Å². The fourth-order valence-corrected chi connectivity index (χ4v) is 5.97. The van der Waals surface area contributed by atoms with Crippen LogP contribution < -0.4 is 10.0 Å². The molecule has 1 aromatic heterocycles. The largest absolute Gasteiger partial charge is 0.353 e. The van der Waals surface area contributed by atoms with Gasteiger partial charge >= 0.3 is 0 Å². The highest BCUT2D eigenvalue weighted by atomic mass is 32.2. The van der Waals surface area contributed by atoms with Crippen molar-refractivity contribution in [2.24, 2.45) is 0 Å². The molecule has 2 N–H and O–H groups in total. The maximum absolute atomic E-state index is 13.0. The Labute approximate surface area is 186 Å². The lowest BCUT2D eigenvalue weighted by molar-refractivity contribution is -0.116. The van der Waals surface area contributed by atoms with Gasteiger partial charge in [0.15, 0.2) is 0 Å². The third kappa shape index (κ3) is 8.69. The van der Waals surface area contributed by atoms with E-state index in [-0.39, 0.29) is 12.3 Å². The van der Waals surface area contributed by atoms with Crippen molar-refractivity contribution >= 4 is 22.0 Å². The van der Waals surface area contributed by atoms with Crippen LogP contribution in [0.4, 0.5) is 4.39 Å². The summed E-state index contributed by atoms with van der Waals surface area (Å²) in [7, 11) is -3.49. The minimum Gasteiger partial charge on any atom is -0.353 e. The Morgan fingerprint density at radius 3 is 2.48 bits per heavy atom. The molecule has 0 spiro atoms. The number of halogens is 1. The van der Waals surface area contributed by atoms with Gasteiger partial charge in [-0.25, -0.2) is 13.1 Å². The number of nitrogens with one attached hydrogen (secondary N) is 2. The van der Waals surface area contributed by atoms with Crippen molar-refractivity contribution in [3.05, 3.63) is 36.2 Å². The fourth-order valence-electron chi connectivity index (χ4n) is 4.08. The van der Waals surface area contributed by atoms with Crippen LogP contribution in [-0.2, 0) is 14.8 Å². The molecule has 1 saturated carbocycles. The van der Waals surface area contributed by atoms with Crippen molar-refractivity contribution in [2.75, 3.05) is 19.8 Å². The first kappa shape index (κ1) is 25.5. The van der Waals surface area contributed by atoms with Gasteiger partial charge in [-0.2, -0.15) is 0 Å². The molecule has 1 heterocycles. The number of rotatable bonds is 14. The Balaban J connectivity index is 1.54. The van der Waals surface area contributed by atoms with Crippen LogP contribution in [0.1, 0.15) is 76.2 Å². The van der Waals surface area contributed by atoms with Gasteiger partial charge in [0, 0.05) is 31.6 Å². The van der Waals surface area contributed by atoms with Crippen LogP contribution in [0.25, 0.3) is 6.08 Å². The molecule has 174 valence electrons. The summed E-state index contributed by atoms with van der Waals surface area (Å²) < 4.78 is 40.3. The molecule has 1 aromatic rings. The van der Waals surface area contributed by atoms with Crippen molar-refractivity contribution in [3.8, 4) is 0 Å². The van der Waals surface area contributed by atoms with Crippen molar-refractivity contribution in [1.29, 1.82) is 0 Å². The van der Waals surface area contributed by atoms with Crippen molar-refractivity contribution < 1.29 is 17.6 Å². The Hall–Kier alpha value is -1.80. The molecule has 2 rings (SSSR count). The first-order valence-corrected chi connectivity index (χ1v) is 12.9. The Morgan fingerprint density at radius 2 is 1.81 bits per heavy atom. The van der Waals surface area contributed by atoms with Gasteiger partial charge < -0.3 is 5.32 Å². The van der Waals surface area contributed by atoms with Gasteiger partial charge in [0.2, 0.25) is 15.9 Å². The molecular formula is C23H36FN3O3S. The molecular weight excluding hydrogens is 417 g/mol. The number of pyridine rings is 1. The van der Waals surface area contributed by atoms with Crippen LogP contribution in [0, 0.1) is 0 Å². The molecule has 8 heteroatoms. The van der Waals surface area contributed by atoms with E-state index < -0.39 is 21.4 Å². The molecule has 0 unspecified atom stereocenters. The minimum absolute atomic E-state index is 0.103. The second-order valence-corrected chi connectivity index (χ2v) is 10.4. The zero-order valence-corrected chi connectivity index (χ0v) is 19.1. The van der Waals surface area contributed by atoms with Crippen LogP contribution in [0.2, 0.25) is 0 Å². The van der Waals surface area contributed by atoms with Crippen molar-refractivity contribution in [3.63, 3.8) is 0 Å². The van der Waals surface area contributed by atoms with E-state index in [0.717, 1.165) is 56.9 Å². The monoisotopic (exact) mass is 453 g/mol. The number of nitrogens with zero attached hydrogens (tertiary/aromatic N) is 1. The SMILES string of the molecule is O=C(/C=C/c1cccnc1)NCCCCCCCNS(=O)(=O)C1(CCF)CCCCC1. The lowest BCUT2D eigenvalue weighted by Crippen LogP contribution is -2.48. The average molecular weight is 454 g/mol. The summed E-state index contributed by atoms with van der Waals surface area (Å²) >= 11 is 0. The van der Waals surface area contributed by atoms with Crippen molar-refractivity contribution in [1.82, 2.24) is 15.0 Å². The highest BCUT2D eigenvalue weighted by Crippen LogP contribution is 2.37. The number of hydrogen-bond donors (Lipinski definition) is 2. The van der Waals surface area contributed by atoms with Crippen LogP contribution >= 0.6 is 0 Å². The summed E-state index contributed by atoms with van der Waals surface area (Å²) in [5.41, 5.74) is 0.882. The molecule has 0 aliphatic heterocycles. The van der Waals surface area contributed by atoms with E-state index in [9.17, 15) is 17.6 Å². The van der Waals surface area contributed by atoms with Crippen LogP contribution in [0.3, 0.4) is 0 Å². The molecule has 31 heavy (non-hydrogen) atoms. The summed E-state index contributed by atoms with van der Waals surface area (Å²) in [6.45, 7) is 0.442. The van der Waals surface area contributed by atoms with Gasteiger partial charge in [0.1, 0.15) is 0 Å². The number of aromatic nitrogens is 1. The molecule has 0 aromatic carbocycles. The fraction of sp³-hybridized carbons (Fsp3) is 0.652. The maximum Gasteiger partial charge on any atom is 0.243 e. The molecule has 0 radical (unpaired) electrons. The third-order valence-electron chi connectivity index (χ3n) is 5.94. The number of carbonyl (C=O) groups excluding carboxylic acids is 1. The second-order valence-electron chi connectivity index (χ2n) is 8.26. The molecule has 6 nitrogen and oxygen atoms in total. The van der Waals surface area contributed by atoms with E-state index in [4.69, 9.17) is 0 Å². The molecule has 0 saturated heterocycles. The molecule has 1 fully saturated rings. The van der Waals surface area contributed by atoms with Gasteiger partial charge in [-0.3, -0.25) is 14.2 Å². The Morgan fingerprint density at radius 1 is 1.10 bits per heavy atom. The quantitative estimate of drug-likeness (QED) is 0.327. The van der Waals surface area contributed by atoms with Gasteiger partial charge in [-0.1, -0.05) is 44.6 Å². The second kappa shape index (κ2) is 13.6. The van der Waals surface area contributed by atoms with Crippen molar-refractivity contribution in [2.45, 2.75) is 75.4 Å². The summed E-state index contributed by atoms with van der Waals surface area (Å²) in [4.78, 5) is 15.8. The number of hydrogen-bond acceptors (Lipinski definition) is 4. The smallest absolute Gasteiger partial charge is 0.243 e. The van der Waals surface area contributed by atoms with E-state index in [0.29, 0.717) is 25.9 Å². The zero-order valence-electron chi connectivity index (χ0n) is 18.3. The van der Waals surface area contributed by atoms with Gasteiger partial charge in [0.25, 0.3) is 0 Å². The third-order valence-corrected chi connectivity index (χ3v) is 8.28. The summed E-state index contributed by atoms with van der Waals surface area (Å²) in [6, 6.07) is 3.70. The minimum atomic E-state index is -3.49. The number of sulfonamides is 1. The van der Waals surface area contributed by atoms with Crippen LogP contribution in [0.15, 0.2) is 30.6 Å². The summed E-state index contributed by atoms with van der Waals surface area (Å²) in [5.74, 6) is -0.122. The van der Waals surface area contributed by atoms with Gasteiger partial charge in [0.05, 0.1) is 11.4 Å². The lowest BCUT2D eigenvalue weighted by atomic mass is 9.86. The van der Waals surface area contributed by atoms with E-state index in [1.165, 1.54) is 6.08 Å². The number of carbonyl (C=O) groups is 1. The number of amides is 1. The predicted octanol–water partition coefficient (Wildman–Crippen LogP) is 4.14. The zero-order chi connectivity index (χ0) is 22.4. The number of alkyl halides is 1. The van der Waals surface area contributed by atoms with Gasteiger partial charge in [-0.15, -0.1) is 0 Å². The standard InChI is InChI=1S/C23H36FN3O3S/c24-16-15-23(13-5-4-6-14-23)31(29,30)27-19-8-3-1-2-7-18-26-22(28)12-11-21-10-9-17-25-20-21/h9-12,17,20,27H,1-8,13-16,18-19H2,(H,26,28)/b12-11+. The summed E-state index contributed by atoms with van der Waals surface area (Å²) in [5, 5.41) is 2.86. The van der Waals surface area contributed by atoms with E-state index in [2.05, 4.69) is 15.0 Å². The lowest BCUT2D eigenvalue weighted by Gasteiger charge is -2.36. The molecule has 1 amide bonds. The first-order chi connectivity index (χ1) is 15.0. The molecule has 1 aliphatic rings. The van der Waals surface area contributed by atoms with E-state index >= 15 is 0 Å². The topological polar surface area (TPSA) is 88.2 Å².